The van der Waals surface area contributed by atoms with E-state index < -0.39 is 11.6 Å². The summed E-state index contributed by atoms with van der Waals surface area (Å²) < 4.78 is 38.8. The summed E-state index contributed by atoms with van der Waals surface area (Å²) in [5.41, 5.74) is -1.44. The summed E-state index contributed by atoms with van der Waals surface area (Å²) in [7, 11) is 3.42. The van der Waals surface area contributed by atoms with Crippen LogP contribution in [0.5, 0.6) is 0 Å². The molecule has 1 saturated carbocycles. The van der Waals surface area contributed by atoms with Gasteiger partial charge in [0.25, 0.3) is 0 Å². The molecule has 0 heterocycles. The molecular weight excluding hydrogens is 191 g/mol. The smallest absolute Gasteiger partial charge is 0.309 e. The van der Waals surface area contributed by atoms with Crippen LogP contribution in [0.4, 0.5) is 13.2 Å². The molecule has 1 nitrogen and oxygen atoms in total. The fourth-order valence-electron chi connectivity index (χ4n) is 2.37. The summed E-state index contributed by atoms with van der Waals surface area (Å²) in [5.74, 6) is 0. The second-order valence-electron chi connectivity index (χ2n) is 4.58. The third kappa shape index (κ3) is 2.41. The average molecular weight is 209 g/mol. The summed E-state index contributed by atoms with van der Waals surface area (Å²) in [6.45, 7) is 0.135. The third-order valence-corrected chi connectivity index (χ3v) is 3.03. The van der Waals surface area contributed by atoms with Gasteiger partial charge in [-0.05, 0) is 26.9 Å². The standard InChI is InChI=1S/C10H18F3N/c1-14(2)8-9(10(11,12)13)6-4-3-5-7-9/h3-8H2,1-2H3. The van der Waals surface area contributed by atoms with E-state index in [0.717, 1.165) is 6.42 Å². The van der Waals surface area contributed by atoms with E-state index in [0.29, 0.717) is 25.7 Å². The minimum Gasteiger partial charge on any atom is -0.309 e. The lowest BCUT2D eigenvalue weighted by molar-refractivity contribution is -0.238. The Morgan fingerprint density at radius 3 is 1.93 bits per heavy atom. The number of alkyl halides is 3. The van der Waals surface area contributed by atoms with Crippen LogP contribution in [-0.2, 0) is 0 Å². The minimum absolute atomic E-state index is 0.135. The number of rotatable bonds is 2. The van der Waals surface area contributed by atoms with Crippen molar-refractivity contribution in [3.63, 3.8) is 0 Å². The van der Waals surface area contributed by atoms with Gasteiger partial charge in [-0.25, -0.2) is 0 Å². The van der Waals surface area contributed by atoms with Gasteiger partial charge in [0.05, 0.1) is 5.41 Å². The molecule has 0 aliphatic heterocycles. The van der Waals surface area contributed by atoms with Gasteiger partial charge < -0.3 is 4.90 Å². The summed E-state index contributed by atoms with van der Waals surface area (Å²) in [6, 6.07) is 0. The Hall–Kier alpha value is -0.250. The van der Waals surface area contributed by atoms with Crippen LogP contribution in [0.3, 0.4) is 0 Å². The fraction of sp³-hybridized carbons (Fsp3) is 1.00. The highest BCUT2D eigenvalue weighted by molar-refractivity contribution is 4.90. The molecule has 1 rings (SSSR count). The van der Waals surface area contributed by atoms with Crippen molar-refractivity contribution in [3.8, 4) is 0 Å². The maximum atomic E-state index is 12.9. The lowest BCUT2D eigenvalue weighted by Gasteiger charge is -2.40. The van der Waals surface area contributed by atoms with Crippen molar-refractivity contribution in [2.45, 2.75) is 38.3 Å². The molecule has 0 aromatic heterocycles. The highest BCUT2D eigenvalue weighted by Gasteiger charge is 2.54. The number of halogens is 3. The molecule has 0 aromatic carbocycles. The Bertz CT molecular complexity index is 180. The first-order valence-electron chi connectivity index (χ1n) is 5.09. The van der Waals surface area contributed by atoms with E-state index in [2.05, 4.69) is 0 Å². The van der Waals surface area contributed by atoms with E-state index in [4.69, 9.17) is 0 Å². The summed E-state index contributed by atoms with van der Waals surface area (Å²) in [6.07, 6.45) is -1.06. The van der Waals surface area contributed by atoms with Crippen LogP contribution in [0.2, 0.25) is 0 Å². The van der Waals surface area contributed by atoms with Crippen molar-refractivity contribution in [2.75, 3.05) is 20.6 Å². The number of hydrogen-bond donors (Lipinski definition) is 0. The molecular formula is C10H18F3N. The highest BCUT2D eigenvalue weighted by Crippen LogP contribution is 2.49. The maximum Gasteiger partial charge on any atom is 0.395 e. The first kappa shape index (κ1) is 11.8. The molecule has 0 saturated heterocycles. The molecule has 84 valence electrons. The van der Waals surface area contributed by atoms with E-state index in [1.807, 2.05) is 0 Å². The Balaban J connectivity index is 2.77. The lowest BCUT2D eigenvalue weighted by atomic mass is 9.73. The van der Waals surface area contributed by atoms with Crippen LogP contribution >= 0.6 is 0 Å². The van der Waals surface area contributed by atoms with Crippen molar-refractivity contribution >= 4 is 0 Å². The summed E-state index contributed by atoms with van der Waals surface area (Å²) in [5, 5.41) is 0. The van der Waals surface area contributed by atoms with Crippen molar-refractivity contribution < 1.29 is 13.2 Å². The Morgan fingerprint density at radius 1 is 1.07 bits per heavy atom. The van der Waals surface area contributed by atoms with Crippen LogP contribution < -0.4 is 0 Å². The van der Waals surface area contributed by atoms with E-state index >= 15 is 0 Å². The zero-order chi connectivity index (χ0) is 10.8. The average Bonchev–Trinajstić information content (AvgIpc) is 2.02. The molecule has 0 atom stereocenters. The topological polar surface area (TPSA) is 3.24 Å². The number of nitrogens with zero attached hydrogens (tertiary/aromatic N) is 1. The Kier molecular flexibility index (Phi) is 3.45. The van der Waals surface area contributed by atoms with E-state index in [1.54, 1.807) is 19.0 Å². The summed E-state index contributed by atoms with van der Waals surface area (Å²) in [4.78, 5) is 1.65. The zero-order valence-corrected chi connectivity index (χ0v) is 8.82. The molecule has 0 N–H and O–H groups in total. The van der Waals surface area contributed by atoms with Gasteiger partial charge in [-0.3, -0.25) is 0 Å². The van der Waals surface area contributed by atoms with Gasteiger partial charge in [0, 0.05) is 6.54 Å². The molecule has 0 bridgehead atoms. The largest absolute Gasteiger partial charge is 0.395 e. The van der Waals surface area contributed by atoms with Crippen molar-refractivity contribution in [2.24, 2.45) is 5.41 Å². The second-order valence-corrected chi connectivity index (χ2v) is 4.58. The first-order valence-corrected chi connectivity index (χ1v) is 5.09. The van der Waals surface area contributed by atoms with Gasteiger partial charge in [-0.1, -0.05) is 19.3 Å². The molecule has 0 spiro atoms. The van der Waals surface area contributed by atoms with Crippen molar-refractivity contribution in [3.05, 3.63) is 0 Å². The van der Waals surface area contributed by atoms with Gasteiger partial charge in [0.2, 0.25) is 0 Å². The molecule has 0 unspecified atom stereocenters. The first-order chi connectivity index (χ1) is 6.37. The van der Waals surface area contributed by atoms with Crippen LogP contribution in [0.15, 0.2) is 0 Å². The van der Waals surface area contributed by atoms with Crippen molar-refractivity contribution in [1.82, 2.24) is 4.90 Å². The van der Waals surface area contributed by atoms with Crippen LogP contribution in [0.25, 0.3) is 0 Å². The molecule has 0 radical (unpaired) electrons. The maximum absolute atomic E-state index is 12.9. The highest BCUT2D eigenvalue weighted by atomic mass is 19.4. The van der Waals surface area contributed by atoms with Crippen LogP contribution in [-0.4, -0.2) is 31.7 Å². The van der Waals surface area contributed by atoms with Gasteiger partial charge >= 0.3 is 6.18 Å². The van der Waals surface area contributed by atoms with Crippen molar-refractivity contribution in [1.29, 1.82) is 0 Å². The predicted molar refractivity (Wildman–Crippen MR) is 50.1 cm³/mol. The lowest BCUT2D eigenvalue weighted by Crippen LogP contribution is -2.46. The molecule has 0 aromatic rings. The molecule has 1 aliphatic carbocycles. The third-order valence-electron chi connectivity index (χ3n) is 3.03. The molecule has 1 aliphatic rings. The zero-order valence-electron chi connectivity index (χ0n) is 8.82. The monoisotopic (exact) mass is 209 g/mol. The summed E-state index contributed by atoms with van der Waals surface area (Å²) >= 11 is 0. The SMILES string of the molecule is CN(C)CC1(C(F)(F)F)CCCCC1. The minimum atomic E-state index is -4.04. The van der Waals surface area contributed by atoms with Crippen LogP contribution in [0, 0.1) is 5.41 Å². The van der Waals surface area contributed by atoms with E-state index in [9.17, 15) is 13.2 Å². The number of hydrogen-bond acceptors (Lipinski definition) is 1. The van der Waals surface area contributed by atoms with E-state index in [-0.39, 0.29) is 6.54 Å². The molecule has 4 heteroatoms. The molecule has 0 amide bonds. The Labute approximate surface area is 83.3 Å². The molecule has 1 fully saturated rings. The van der Waals surface area contributed by atoms with Crippen LogP contribution in [0.1, 0.15) is 32.1 Å². The predicted octanol–water partition coefficient (Wildman–Crippen LogP) is 3.06. The van der Waals surface area contributed by atoms with E-state index in [1.165, 1.54) is 0 Å². The van der Waals surface area contributed by atoms with Gasteiger partial charge in [0.15, 0.2) is 0 Å². The molecule has 14 heavy (non-hydrogen) atoms. The second kappa shape index (κ2) is 4.09. The van der Waals surface area contributed by atoms with Gasteiger partial charge in [0.1, 0.15) is 0 Å². The quantitative estimate of drug-likeness (QED) is 0.675. The van der Waals surface area contributed by atoms with Gasteiger partial charge in [-0.15, -0.1) is 0 Å². The normalized spacial score (nSPS) is 22.7. The fourth-order valence-corrected chi connectivity index (χ4v) is 2.37. The van der Waals surface area contributed by atoms with Gasteiger partial charge in [-0.2, -0.15) is 13.2 Å². The Morgan fingerprint density at radius 2 is 1.57 bits per heavy atom.